The molecule has 1 fully saturated rings. The van der Waals surface area contributed by atoms with Crippen LogP contribution in [0.3, 0.4) is 0 Å². The standard InChI is InChI=1S/C16H16N2O4/c1-9-7-18(8-12(9)16(21)22)15(20)11-4-2-3-10-5-6-13(19)17-14(10)11/h2-6,9,12H,7-8H2,1H3,(H,17,19)(H,21,22)/t9-,12-/m1/s1. The third-order valence-electron chi connectivity index (χ3n) is 4.21. The van der Waals surface area contributed by atoms with Gasteiger partial charge < -0.3 is 15.0 Å². The Balaban J connectivity index is 1.98. The number of likely N-dealkylation sites (tertiary alicyclic amines) is 1. The molecule has 0 unspecified atom stereocenters. The minimum Gasteiger partial charge on any atom is -0.481 e. The monoisotopic (exact) mass is 300 g/mol. The summed E-state index contributed by atoms with van der Waals surface area (Å²) in [5.41, 5.74) is 0.616. The summed E-state index contributed by atoms with van der Waals surface area (Å²) in [7, 11) is 0. The number of carbonyl (C=O) groups excluding carboxylic acids is 1. The SMILES string of the molecule is C[C@@H]1CN(C(=O)c2cccc3ccc(=O)[nH]c23)C[C@H]1C(=O)O. The number of carboxylic acid groups (broad SMARTS) is 1. The van der Waals surface area contributed by atoms with E-state index < -0.39 is 11.9 Å². The molecular weight excluding hydrogens is 284 g/mol. The average Bonchev–Trinajstić information content (AvgIpc) is 2.88. The first-order valence-electron chi connectivity index (χ1n) is 7.11. The number of carboxylic acids is 1. The molecule has 3 rings (SSSR count). The normalized spacial score (nSPS) is 21.2. The van der Waals surface area contributed by atoms with Gasteiger partial charge in [-0.25, -0.2) is 0 Å². The lowest BCUT2D eigenvalue weighted by Gasteiger charge is -2.17. The number of H-pyrrole nitrogens is 1. The third-order valence-corrected chi connectivity index (χ3v) is 4.21. The second-order valence-corrected chi connectivity index (χ2v) is 5.72. The van der Waals surface area contributed by atoms with Crippen molar-refractivity contribution >= 4 is 22.8 Å². The number of carbonyl (C=O) groups is 2. The van der Waals surface area contributed by atoms with Crippen LogP contribution >= 0.6 is 0 Å². The number of nitrogens with one attached hydrogen (secondary N) is 1. The Hall–Kier alpha value is -2.63. The third kappa shape index (κ3) is 2.36. The van der Waals surface area contributed by atoms with Crippen molar-refractivity contribution in [3.8, 4) is 0 Å². The zero-order valence-electron chi connectivity index (χ0n) is 12.1. The van der Waals surface area contributed by atoms with Gasteiger partial charge in [0.2, 0.25) is 5.56 Å². The highest BCUT2D eigenvalue weighted by molar-refractivity contribution is 6.05. The lowest BCUT2D eigenvalue weighted by molar-refractivity contribution is -0.142. The van der Waals surface area contributed by atoms with Crippen molar-refractivity contribution in [2.45, 2.75) is 6.92 Å². The van der Waals surface area contributed by atoms with E-state index in [2.05, 4.69) is 4.98 Å². The Bertz CT molecular complexity index is 811. The number of nitrogens with zero attached hydrogens (tertiary/aromatic N) is 1. The van der Waals surface area contributed by atoms with Gasteiger partial charge in [-0.3, -0.25) is 14.4 Å². The van der Waals surface area contributed by atoms with Gasteiger partial charge >= 0.3 is 5.97 Å². The molecule has 1 aliphatic heterocycles. The molecule has 2 N–H and O–H groups in total. The molecule has 6 nitrogen and oxygen atoms in total. The summed E-state index contributed by atoms with van der Waals surface area (Å²) in [4.78, 5) is 39.6. The Morgan fingerprint density at radius 3 is 2.68 bits per heavy atom. The van der Waals surface area contributed by atoms with Crippen molar-refractivity contribution in [1.82, 2.24) is 9.88 Å². The molecule has 114 valence electrons. The van der Waals surface area contributed by atoms with E-state index in [1.807, 2.05) is 13.0 Å². The van der Waals surface area contributed by atoms with Crippen LogP contribution in [-0.4, -0.2) is 40.0 Å². The van der Waals surface area contributed by atoms with Crippen molar-refractivity contribution in [3.05, 3.63) is 46.2 Å². The van der Waals surface area contributed by atoms with Gasteiger partial charge in [-0.15, -0.1) is 0 Å². The zero-order valence-corrected chi connectivity index (χ0v) is 12.1. The molecule has 0 radical (unpaired) electrons. The van der Waals surface area contributed by atoms with Gasteiger partial charge in [0.1, 0.15) is 0 Å². The first-order valence-corrected chi connectivity index (χ1v) is 7.11. The second kappa shape index (κ2) is 5.29. The molecule has 1 saturated heterocycles. The Kier molecular flexibility index (Phi) is 3.44. The lowest BCUT2D eigenvalue weighted by atomic mass is 9.99. The van der Waals surface area contributed by atoms with E-state index in [0.717, 1.165) is 5.39 Å². The summed E-state index contributed by atoms with van der Waals surface area (Å²) < 4.78 is 0. The van der Waals surface area contributed by atoms with Crippen LogP contribution in [0.5, 0.6) is 0 Å². The molecule has 22 heavy (non-hydrogen) atoms. The molecule has 0 bridgehead atoms. The van der Waals surface area contributed by atoms with Gasteiger partial charge in [-0.05, 0) is 23.4 Å². The number of benzene rings is 1. The summed E-state index contributed by atoms with van der Waals surface area (Å²) in [6, 6.07) is 8.29. The number of pyridine rings is 1. The van der Waals surface area contributed by atoms with E-state index in [1.54, 1.807) is 23.1 Å². The number of rotatable bonds is 2. The van der Waals surface area contributed by atoms with Crippen LogP contribution < -0.4 is 5.56 Å². The zero-order chi connectivity index (χ0) is 15.9. The van der Waals surface area contributed by atoms with Gasteiger partial charge in [0.15, 0.2) is 0 Å². The molecule has 1 aromatic carbocycles. The number of aromatic amines is 1. The van der Waals surface area contributed by atoms with Crippen LogP contribution in [-0.2, 0) is 4.79 Å². The van der Waals surface area contributed by atoms with Gasteiger partial charge in [-0.2, -0.15) is 0 Å². The van der Waals surface area contributed by atoms with Crippen LogP contribution in [0.15, 0.2) is 35.1 Å². The average molecular weight is 300 g/mol. The second-order valence-electron chi connectivity index (χ2n) is 5.72. The van der Waals surface area contributed by atoms with Gasteiger partial charge in [0.05, 0.1) is 17.0 Å². The predicted molar refractivity (Wildman–Crippen MR) is 80.8 cm³/mol. The number of aromatic nitrogens is 1. The largest absolute Gasteiger partial charge is 0.481 e. The molecule has 6 heteroatoms. The van der Waals surface area contributed by atoms with E-state index in [-0.39, 0.29) is 23.9 Å². The van der Waals surface area contributed by atoms with Gasteiger partial charge in [-0.1, -0.05) is 19.1 Å². The highest BCUT2D eigenvalue weighted by atomic mass is 16.4. The highest BCUT2D eigenvalue weighted by Gasteiger charge is 2.37. The van der Waals surface area contributed by atoms with E-state index in [4.69, 9.17) is 0 Å². The maximum atomic E-state index is 12.7. The highest BCUT2D eigenvalue weighted by Crippen LogP contribution is 2.26. The maximum absolute atomic E-state index is 12.7. The molecule has 0 aliphatic carbocycles. The molecule has 0 spiro atoms. The number of fused-ring (bicyclic) bond motifs is 1. The van der Waals surface area contributed by atoms with E-state index in [9.17, 15) is 19.5 Å². The number of amides is 1. The Labute approximate surface area is 126 Å². The van der Waals surface area contributed by atoms with Crippen LogP contribution in [0.1, 0.15) is 17.3 Å². The predicted octanol–water partition coefficient (Wildman–Crippen LogP) is 1.32. The Morgan fingerprint density at radius 1 is 1.23 bits per heavy atom. The fourth-order valence-corrected chi connectivity index (χ4v) is 2.98. The molecule has 1 aromatic heterocycles. The van der Waals surface area contributed by atoms with E-state index in [1.165, 1.54) is 6.07 Å². The molecule has 1 aliphatic rings. The van der Waals surface area contributed by atoms with Crippen molar-refractivity contribution in [2.24, 2.45) is 11.8 Å². The van der Waals surface area contributed by atoms with Crippen LogP contribution in [0.25, 0.3) is 10.9 Å². The quantitative estimate of drug-likeness (QED) is 0.875. The lowest BCUT2D eigenvalue weighted by Crippen LogP contribution is -2.30. The van der Waals surface area contributed by atoms with Crippen molar-refractivity contribution in [3.63, 3.8) is 0 Å². The Morgan fingerprint density at radius 2 is 2.00 bits per heavy atom. The molecule has 0 saturated carbocycles. The first kappa shape index (κ1) is 14.3. The molecule has 1 amide bonds. The number of aliphatic carboxylic acids is 1. The number of hydrogen-bond acceptors (Lipinski definition) is 3. The van der Waals surface area contributed by atoms with Gasteiger partial charge in [0.25, 0.3) is 5.91 Å². The number of hydrogen-bond donors (Lipinski definition) is 2. The van der Waals surface area contributed by atoms with Crippen molar-refractivity contribution < 1.29 is 14.7 Å². The molecular formula is C16H16N2O4. The summed E-state index contributed by atoms with van der Waals surface area (Å²) in [5, 5.41) is 9.95. The minimum absolute atomic E-state index is 0.0875. The smallest absolute Gasteiger partial charge is 0.308 e. The fraction of sp³-hybridized carbons (Fsp3) is 0.312. The van der Waals surface area contributed by atoms with E-state index >= 15 is 0 Å². The van der Waals surface area contributed by atoms with Crippen LogP contribution in [0.4, 0.5) is 0 Å². The fourth-order valence-electron chi connectivity index (χ4n) is 2.98. The number of para-hydroxylation sites is 1. The molecule has 2 aromatic rings. The van der Waals surface area contributed by atoms with Crippen molar-refractivity contribution in [1.29, 1.82) is 0 Å². The van der Waals surface area contributed by atoms with Crippen LogP contribution in [0, 0.1) is 11.8 Å². The summed E-state index contributed by atoms with van der Waals surface area (Å²) in [5.74, 6) is -1.76. The van der Waals surface area contributed by atoms with Gasteiger partial charge in [0, 0.05) is 19.2 Å². The minimum atomic E-state index is -0.880. The topological polar surface area (TPSA) is 90.5 Å². The summed E-state index contributed by atoms with van der Waals surface area (Å²) in [6.45, 7) is 2.43. The maximum Gasteiger partial charge on any atom is 0.308 e. The molecule has 2 atom stereocenters. The van der Waals surface area contributed by atoms with E-state index in [0.29, 0.717) is 17.6 Å². The summed E-state index contributed by atoms with van der Waals surface area (Å²) in [6.07, 6.45) is 0. The van der Waals surface area contributed by atoms with Crippen molar-refractivity contribution in [2.75, 3.05) is 13.1 Å². The van der Waals surface area contributed by atoms with Crippen LogP contribution in [0.2, 0.25) is 0 Å². The first-order chi connectivity index (χ1) is 10.5. The molecule has 2 heterocycles. The summed E-state index contributed by atoms with van der Waals surface area (Å²) >= 11 is 0.